The molecule has 0 unspecified atom stereocenters. The molecular weight excluding hydrogens is 394 g/mol. The van der Waals surface area contributed by atoms with Crippen molar-refractivity contribution in [2.45, 2.75) is 76.1 Å². The van der Waals surface area contributed by atoms with Crippen molar-refractivity contribution >= 4 is 23.7 Å². The van der Waals surface area contributed by atoms with Crippen molar-refractivity contribution in [3.8, 4) is 0 Å². The molecule has 8 heteroatoms. The molecule has 6 atom stereocenters. The van der Waals surface area contributed by atoms with E-state index < -0.39 is 28.8 Å². The summed E-state index contributed by atoms with van der Waals surface area (Å²) in [5, 5.41) is 19.5. The third kappa shape index (κ3) is 8.50. The summed E-state index contributed by atoms with van der Waals surface area (Å²) in [7, 11) is 1.60. The van der Waals surface area contributed by atoms with E-state index in [1.807, 2.05) is 20.8 Å². The van der Waals surface area contributed by atoms with Gasteiger partial charge in [-0.3, -0.25) is 9.59 Å². The molecule has 0 bridgehead atoms. The first-order chi connectivity index (χ1) is 13.5. The molecule has 0 saturated heterocycles. The van der Waals surface area contributed by atoms with Gasteiger partial charge in [0.15, 0.2) is 0 Å². The molecule has 0 aromatic heterocycles. The number of aliphatic carboxylic acids is 1. The summed E-state index contributed by atoms with van der Waals surface area (Å²) >= 11 is 1.15. The number of esters is 1. The lowest BCUT2D eigenvalue weighted by atomic mass is 9.95. The zero-order valence-corrected chi connectivity index (χ0v) is 18.8. The van der Waals surface area contributed by atoms with Crippen LogP contribution in [0.2, 0.25) is 0 Å². The Bertz CT molecular complexity index is 618. The minimum absolute atomic E-state index is 0.0577. The quantitative estimate of drug-likeness (QED) is 0.451. The van der Waals surface area contributed by atoms with E-state index in [4.69, 9.17) is 20.3 Å². The Kier molecular flexibility index (Phi) is 10.4. The summed E-state index contributed by atoms with van der Waals surface area (Å²) in [6.45, 7) is 7.47. The second kappa shape index (κ2) is 11.7. The van der Waals surface area contributed by atoms with Crippen LogP contribution in [0.1, 0.15) is 47.0 Å². The fraction of sp³-hybridized carbons (Fsp3) is 0.714. The third-order valence-corrected chi connectivity index (χ3v) is 6.91. The molecule has 7 nitrogen and oxygen atoms in total. The molecule has 1 aliphatic heterocycles. The Balaban J connectivity index is 3.17. The molecule has 1 heterocycles. The van der Waals surface area contributed by atoms with Gasteiger partial charge in [-0.15, -0.1) is 0 Å². The van der Waals surface area contributed by atoms with Gasteiger partial charge in [-0.2, -0.15) is 11.8 Å². The van der Waals surface area contributed by atoms with E-state index in [0.29, 0.717) is 0 Å². The molecule has 4 N–H and O–H groups in total. The summed E-state index contributed by atoms with van der Waals surface area (Å²) in [5.74, 6) is -1.31. The highest BCUT2D eigenvalue weighted by atomic mass is 32.2. The van der Waals surface area contributed by atoms with E-state index in [2.05, 4.69) is 6.08 Å². The number of rotatable bonds is 5. The van der Waals surface area contributed by atoms with Gasteiger partial charge in [0.05, 0.1) is 18.1 Å². The molecule has 29 heavy (non-hydrogen) atoms. The number of carboxylic acids is 1. The molecule has 0 aromatic rings. The van der Waals surface area contributed by atoms with Crippen LogP contribution in [0.5, 0.6) is 0 Å². The summed E-state index contributed by atoms with van der Waals surface area (Å²) in [6, 6.07) is -1.08. The molecule has 0 amide bonds. The largest absolute Gasteiger partial charge is 0.480 e. The number of ether oxygens (including phenoxy) is 2. The first-order valence-electron chi connectivity index (χ1n) is 9.88. The predicted molar refractivity (Wildman–Crippen MR) is 115 cm³/mol. The number of hydrogen-bond donors (Lipinski definition) is 3. The molecular formula is C21H35NO6S. The second-order valence-corrected chi connectivity index (χ2v) is 9.15. The highest BCUT2D eigenvalue weighted by molar-refractivity contribution is 8.00. The molecule has 0 radical (unpaired) electrons. The van der Waals surface area contributed by atoms with Crippen LogP contribution in [0.4, 0.5) is 0 Å². The van der Waals surface area contributed by atoms with Gasteiger partial charge in [0, 0.05) is 18.1 Å². The molecule has 166 valence electrons. The maximum Gasteiger partial charge on any atom is 0.321 e. The van der Waals surface area contributed by atoms with Gasteiger partial charge < -0.3 is 25.4 Å². The van der Waals surface area contributed by atoms with E-state index in [1.165, 1.54) is 0 Å². The number of cyclic esters (lactones) is 1. The minimum atomic E-state index is -1.39. The smallest absolute Gasteiger partial charge is 0.321 e. The Hall–Kier alpha value is -1.35. The summed E-state index contributed by atoms with van der Waals surface area (Å²) in [6.07, 6.45) is 6.56. The Labute approximate surface area is 177 Å². The number of carboxylic acid groups (broad SMARTS) is 1. The van der Waals surface area contributed by atoms with Crippen molar-refractivity contribution in [1.82, 2.24) is 0 Å². The summed E-state index contributed by atoms with van der Waals surface area (Å²) in [5.41, 5.74) is 5.25. The van der Waals surface area contributed by atoms with Crippen molar-refractivity contribution in [2.75, 3.05) is 12.9 Å². The zero-order chi connectivity index (χ0) is 22.2. The Morgan fingerprint density at radius 2 is 2.14 bits per heavy atom. The monoisotopic (exact) mass is 429 g/mol. The normalized spacial score (nSPS) is 36.2. The van der Waals surface area contributed by atoms with Crippen LogP contribution in [-0.2, 0) is 19.1 Å². The molecule has 0 aromatic carbocycles. The average molecular weight is 430 g/mol. The number of hydrogen-bond acceptors (Lipinski definition) is 7. The van der Waals surface area contributed by atoms with Crippen molar-refractivity contribution in [1.29, 1.82) is 0 Å². The first-order valence-corrected chi connectivity index (χ1v) is 10.9. The van der Waals surface area contributed by atoms with Crippen molar-refractivity contribution in [3.05, 3.63) is 23.8 Å². The molecule has 0 saturated carbocycles. The van der Waals surface area contributed by atoms with Gasteiger partial charge >= 0.3 is 11.9 Å². The van der Waals surface area contributed by atoms with Crippen molar-refractivity contribution in [3.63, 3.8) is 0 Å². The molecule has 1 aliphatic rings. The average Bonchev–Trinajstić information content (AvgIpc) is 2.63. The van der Waals surface area contributed by atoms with Crippen LogP contribution >= 0.6 is 11.8 Å². The SMILES string of the molecule is CO[C@@H]1/C=C/[C@](C)(O)[C@H](SC[C@H](N)C(=O)O)CC(=O)O[C@@H](C)[C@H](C)CC/C=C/1C. The lowest BCUT2D eigenvalue weighted by molar-refractivity contribution is -0.151. The van der Waals surface area contributed by atoms with Crippen molar-refractivity contribution in [2.24, 2.45) is 11.7 Å². The van der Waals surface area contributed by atoms with Gasteiger partial charge in [-0.1, -0.05) is 25.2 Å². The third-order valence-electron chi connectivity index (χ3n) is 5.32. The number of allylic oxidation sites excluding steroid dienone is 1. The first kappa shape index (κ1) is 25.7. The van der Waals surface area contributed by atoms with Gasteiger partial charge in [0.2, 0.25) is 0 Å². The Morgan fingerprint density at radius 1 is 1.48 bits per heavy atom. The molecule has 0 fully saturated rings. The molecule has 0 aliphatic carbocycles. The van der Waals surface area contributed by atoms with Crippen LogP contribution in [0.25, 0.3) is 0 Å². The minimum Gasteiger partial charge on any atom is -0.480 e. The molecule has 1 rings (SSSR count). The zero-order valence-electron chi connectivity index (χ0n) is 18.0. The van der Waals surface area contributed by atoms with Gasteiger partial charge in [-0.05, 0) is 45.1 Å². The van der Waals surface area contributed by atoms with Gasteiger partial charge in [0.1, 0.15) is 12.1 Å². The fourth-order valence-corrected chi connectivity index (χ4v) is 4.23. The summed E-state index contributed by atoms with van der Waals surface area (Å²) < 4.78 is 11.1. The van der Waals surface area contributed by atoms with E-state index in [1.54, 1.807) is 26.2 Å². The maximum atomic E-state index is 12.5. The van der Waals surface area contributed by atoms with E-state index in [9.17, 15) is 14.7 Å². The van der Waals surface area contributed by atoms with E-state index in [0.717, 1.165) is 30.2 Å². The maximum absolute atomic E-state index is 12.5. The van der Waals surface area contributed by atoms with Crippen LogP contribution < -0.4 is 5.73 Å². The van der Waals surface area contributed by atoms with E-state index in [-0.39, 0.29) is 30.3 Å². The van der Waals surface area contributed by atoms with Crippen LogP contribution in [0, 0.1) is 5.92 Å². The highest BCUT2D eigenvalue weighted by Crippen LogP contribution is 2.30. The van der Waals surface area contributed by atoms with Gasteiger partial charge in [-0.25, -0.2) is 0 Å². The topological polar surface area (TPSA) is 119 Å². The van der Waals surface area contributed by atoms with Crippen molar-refractivity contribution < 1.29 is 29.3 Å². The van der Waals surface area contributed by atoms with Crippen LogP contribution in [-0.4, -0.2) is 64.1 Å². The number of carbonyl (C=O) groups excluding carboxylic acids is 1. The number of thioether (sulfide) groups is 1. The second-order valence-electron chi connectivity index (χ2n) is 7.91. The predicted octanol–water partition coefficient (Wildman–Crippen LogP) is 2.52. The number of carbonyl (C=O) groups is 2. The lowest BCUT2D eigenvalue weighted by Gasteiger charge is -2.31. The van der Waals surface area contributed by atoms with Crippen LogP contribution in [0.3, 0.4) is 0 Å². The number of nitrogens with two attached hydrogens (primary N) is 1. The van der Waals surface area contributed by atoms with E-state index >= 15 is 0 Å². The highest BCUT2D eigenvalue weighted by Gasteiger charge is 2.34. The molecule has 0 spiro atoms. The Morgan fingerprint density at radius 3 is 2.72 bits per heavy atom. The number of methoxy groups -OCH3 is 1. The van der Waals surface area contributed by atoms with Gasteiger partial charge in [0.25, 0.3) is 0 Å². The fourth-order valence-electron chi connectivity index (χ4n) is 2.98. The number of aliphatic hydroxyl groups is 1. The summed E-state index contributed by atoms with van der Waals surface area (Å²) in [4.78, 5) is 23.5. The standard InChI is InChI=1S/C21H35NO6S/c1-13-7-6-8-14(2)17(27-5)9-10-21(4,26)18(11-19(23)28-15(13)3)29-12-16(22)20(24)25/h8-10,13,15-18,26H,6-7,11-12,22H2,1-5H3,(H,24,25)/b10-9+,14-8+/t13-,15+,16+,17-,18-,21+/m1/s1. The lowest BCUT2D eigenvalue weighted by Crippen LogP contribution is -2.40. The van der Waals surface area contributed by atoms with Crippen LogP contribution in [0.15, 0.2) is 23.8 Å².